The first kappa shape index (κ1) is 10.4. The Kier molecular flexibility index (Phi) is 3.63. The van der Waals surface area contributed by atoms with E-state index in [-0.39, 0.29) is 5.91 Å². The Labute approximate surface area is 76.9 Å². The van der Waals surface area contributed by atoms with Gasteiger partial charge < -0.3 is 4.90 Å². The molecule has 1 rings (SSSR count). The highest BCUT2D eigenvalue weighted by Crippen LogP contribution is 2.22. The summed E-state index contributed by atoms with van der Waals surface area (Å²) in [7, 11) is 0. The molecular weight excluding hydrogens is 176 g/mol. The zero-order valence-corrected chi connectivity index (χ0v) is 7.80. The molecule has 1 aliphatic rings. The van der Waals surface area contributed by atoms with Crippen LogP contribution in [0.1, 0.15) is 32.6 Å². The third-order valence-corrected chi connectivity index (χ3v) is 2.46. The van der Waals surface area contributed by atoms with Crippen molar-refractivity contribution in [2.24, 2.45) is 0 Å². The largest absolute Gasteiger partial charge is 0.334 e. The second-order valence-corrected chi connectivity index (χ2v) is 3.34. The van der Waals surface area contributed by atoms with Gasteiger partial charge in [-0.2, -0.15) is 0 Å². The molecule has 13 heavy (non-hydrogen) atoms. The topological polar surface area (TPSA) is 20.3 Å². The van der Waals surface area contributed by atoms with Gasteiger partial charge in [0.2, 0.25) is 5.91 Å². The summed E-state index contributed by atoms with van der Waals surface area (Å²) in [5.74, 6) is -0.148. The molecule has 0 bridgehead atoms. The van der Waals surface area contributed by atoms with E-state index >= 15 is 0 Å². The number of carbonyl (C=O) groups excluding carboxylic acids is 1. The molecule has 1 fully saturated rings. The summed E-state index contributed by atoms with van der Waals surface area (Å²) in [6.07, 6.45) is 0.0418. The van der Waals surface area contributed by atoms with Gasteiger partial charge in [-0.05, 0) is 19.3 Å². The predicted octanol–water partition coefficient (Wildman–Crippen LogP) is 2.04. The van der Waals surface area contributed by atoms with Gasteiger partial charge in [-0.1, -0.05) is 6.92 Å². The van der Waals surface area contributed by atoms with Gasteiger partial charge in [-0.15, -0.1) is 0 Å². The van der Waals surface area contributed by atoms with Gasteiger partial charge in [-0.3, -0.25) is 4.79 Å². The monoisotopic (exact) mass is 191 g/mol. The normalized spacial score (nSPS) is 23.7. The fourth-order valence-corrected chi connectivity index (χ4v) is 1.73. The second kappa shape index (κ2) is 4.53. The van der Waals surface area contributed by atoms with Gasteiger partial charge in [0.05, 0.1) is 6.04 Å². The average Bonchev–Trinajstić information content (AvgIpc) is 2.16. The van der Waals surface area contributed by atoms with E-state index < -0.39 is 12.5 Å². The van der Waals surface area contributed by atoms with Gasteiger partial charge >= 0.3 is 0 Å². The van der Waals surface area contributed by atoms with Crippen molar-refractivity contribution in [1.82, 2.24) is 4.90 Å². The van der Waals surface area contributed by atoms with Crippen molar-refractivity contribution < 1.29 is 13.6 Å². The molecule has 0 spiro atoms. The van der Waals surface area contributed by atoms with E-state index in [4.69, 9.17) is 0 Å². The van der Waals surface area contributed by atoms with Crippen LogP contribution in [0.2, 0.25) is 0 Å². The van der Waals surface area contributed by atoms with Crippen molar-refractivity contribution in [2.75, 3.05) is 6.54 Å². The highest BCUT2D eigenvalue weighted by atomic mass is 19.3. The van der Waals surface area contributed by atoms with E-state index in [2.05, 4.69) is 0 Å². The van der Waals surface area contributed by atoms with Crippen LogP contribution in [0, 0.1) is 0 Å². The smallest absolute Gasteiger partial charge is 0.258 e. The van der Waals surface area contributed by atoms with Gasteiger partial charge in [0.1, 0.15) is 0 Å². The Morgan fingerprint density at radius 2 is 2.23 bits per heavy atom. The molecular formula is C9H15F2NO. The lowest BCUT2D eigenvalue weighted by molar-refractivity contribution is -0.138. The van der Waals surface area contributed by atoms with Crippen molar-refractivity contribution in [3.8, 4) is 0 Å². The fourth-order valence-electron chi connectivity index (χ4n) is 1.73. The van der Waals surface area contributed by atoms with Crippen LogP contribution < -0.4 is 0 Å². The Morgan fingerprint density at radius 1 is 1.54 bits per heavy atom. The molecule has 1 heterocycles. The number of halogens is 2. The number of nitrogens with zero attached hydrogens (tertiary/aromatic N) is 1. The van der Waals surface area contributed by atoms with Crippen LogP contribution in [0.25, 0.3) is 0 Å². The third-order valence-electron chi connectivity index (χ3n) is 2.46. The van der Waals surface area contributed by atoms with Gasteiger partial charge in [0, 0.05) is 13.0 Å². The molecule has 2 nitrogen and oxygen atoms in total. The minimum absolute atomic E-state index is 0.148. The third kappa shape index (κ3) is 2.39. The van der Waals surface area contributed by atoms with E-state index in [1.807, 2.05) is 0 Å². The summed E-state index contributed by atoms with van der Waals surface area (Å²) >= 11 is 0. The molecule has 0 aromatic rings. The Hall–Kier alpha value is -0.670. The van der Waals surface area contributed by atoms with Crippen LogP contribution in [-0.4, -0.2) is 29.8 Å². The summed E-state index contributed by atoms with van der Waals surface area (Å²) in [6.45, 7) is 2.21. The summed E-state index contributed by atoms with van der Waals surface area (Å²) in [6, 6.07) is -0.832. The molecule has 0 radical (unpaired) electrons. The van der Waals surface area contributed by atoms with E-state index in [0.29, 0.717) is 19.4 Å². The molecule has 76 valence electrons. The van der Waals surface area contributed by atoms with Crippen molar-refractivity contribution in [2.45, 2.75) is 45.1 Å². The molecule has 1 amide bonds. The number of alkyl halides is 2. The van der Waals surface area contributed by atoms with Crippen molar-refractivity contribution in [1.29, 1.82) is 0 Å². The van der Waals surface area contributed by atoms with Crippen LogP contribution >= 0.6 is 0 Å². The molecule has 0 aromatic heterocycles. The standard InChI is InChI=1S/C9H15F2NO/c1-2-8(13)12-6-4-3-5-7(12)9(10)11/h7,9H,2-6H2,1H3/t7-/m0/s1. The van der Waals surface area contributed by atoms with E-state index in [1.165, 1.54) is 4.90 Å². The zero-order chi connectivity index (χ0) is 9.84. The lowest BCUT2D eigenvalue weighted by atomic mass is 10.0. The van der Waals surface area contributed by atoms with Gasteiger partial charge in [0.15, 0.2) is 0 Å². The first-order valence-corrected chi connectivity index (χ1v) is 4.74. The van der Waals surface area contributed by atoms with E-state index in [9.17, 15) is 13.6 Å². The van der Waals surface area contributed by atoms with Crippen LogP contribution in [0.5, 0.6) is 0 Å². The molecule has 0 N–H and O–H groups in total. The number of amides is 1. The van der Waals surface area contributed by atoms with E-state index in [1.54, 1.807) is 6.92 Å². The van der Waals surface area contributed by atoms with Crippen LogP contribution in [0.3, 0.4) is 0 Å². The minimum atomic E-state index is -2.39. The molecule has 1 saturated heterocycles. The maximum Gasteiger partial charge on any atom is 0.258 e. The number of hydrogen-bond acceptors (Lipinski definition) is 1. The summed E-state index contributed by atoms with van der Waals surface area (Å²) < 4.78 is 24.9. The predicted molar refractivity (Wildman–Crippen MR) is 45.6 cm³/mol. The molecule has 4 heteroatoms. The number of likely N-dealkylation sites (tertiary alicyclic amines) is 1. The SMILES string of the molecule is CCC(=O)N1CCCC[C@H]1C(F)F. The molecule has 0 aromatic carbocycles. The molecule has 0 saturated carbocycles. The maximum atomic E-state index is 12.5. The lowest BCUT2D eigenvalue weighted by Crippen LogP contribution is -2.47. The molecule has 1 atom stereocenters. The van der Waals surface area contributed by atoms with Gasteiger partial charge in [-0.25, -0.2) is 8.78 Å². The van der Waals surface area contributed by atoms with Crippen molar-refractivity contribution in [3.05, 3.63) is 0 Å². The number of carbonyl (C=O) groups is 1. The van der Waals surface area contributed by atoms with Crippen LogP contribution in [0.4, 0.5) is 8.78 Å². The number of hydrogen-bond donors (Lipinski definition) is 0. The number of piperidine rings is 1. The average molecular weight is 191 g/mol. The molecule has 0 unspecified atom stereocenters. The second-order valence-electron chi connectivity index (χ2n) is 3.34. The summed E-state index contributed by atoms with van der Waals surface area (Å²) in [4.78, 5) is 12.6. The lowest BCUT2D eigenvalue weighted by Gasteiger charge is -2.35. The fraction of sp³-hybridized carbons (Fsp3) is 0.889. The Balaban J connectivity index is 2.61. The van der Waals surface area contributed by atoms with Gasteiger partial charge in [0.25, 0.3) is 6.43 Å². The van der Waals surface area contributed by atoms with Crippen molar-refractivity contribution in [3.63, 3.8) is 0 Å². The Bertz CT molecular complexity index is 184. The molecule has 1 aliphatic heterocycles. The first-order valence-electron chi connectivity index (χ1n) is 4.74. The summed E-state index contributed by atoms with van der Waals surface area (Å²) in [5, 5.41) is 0. The van der Waals surface area contributed by atoms with E-state index in [0.717, 1.165) is 12.8 Å². The molecule has 0 aliphatic carbocycles. The van der Waals surface area contributed by atoms with Crippen molar-refractivity contribution >= 4 is 5.91 Å². The Morgan fingerprint density at radius 3 is 2.77 bits per heavy atom. The highest BCUT2D eigenvalue weighted by molar-refractivity contribution is 5.76. The highest BCUT2D eigenvalue weighted by Gasteiger charge is 2.32. The quantitative estimate of drug-likeness (QED) is 0.654. The van der Waals surface area contributed by atoms with Crippen LogP contribution in [-0.2, 0) is 4.79 Å². The number of rotatable bonds is 2. The van der Waals surface area contributed by atoms with Crippen LogP contribution in [0.15, 0.2) is 0 Å². The first-order chi connectivity index (χ1) is 6.16. The summed E-state index contributed by atoms with van der Waals surface area (Å²) in [5.41, 5.74) is 0. The zero-order valence-electron chi connectivity index (χ0n) is 7.80. The maximum absolute atomic E-state index is 12.5. The minimum Gasteiger partial charge on any atom is -0.334 e.